The summed E-state index contributed by atoms with van der Waals surface area (Å²) in [5.41, 5.74) is 5.54. The van der Waals surface area contributed by atoms with Crippen LogP contribution in [0.1, 0.15) is 6.92 Å². The number of anilines is 2. The first kappa shape index (κ1) is 17.1. The molecule has 0 fully saturated rings. The molecule has 0 heterocycles. The number of sulfonamides is 1. The lowest BCUT2D eigenvalue weighted by atomic mass is 10.2. The minimum absolute atomic E-state index is 0.160. The van der Waals surface area contributed by atoms with Gasteiger partial charge in [0, 0.05) is 5.69 Å². The summed E-state index contributed by atoms with van der Waals surface area (Å²) in [5, 5.41) is 4.89. The molecule has 21 heavy (non-hydrogen) atoms. The number of imide groups is 1. The average Bonchev–Trinajstić information content (AvgIpc) is 2.30. The van der Waals surface area contributed by atoms with Crippen molar-refractivity contribution < 1.29 is 18.0 Å². The predicted molar refractivity (Wildman–Crippen MR) is 80.7 cm³/mol. The predicted octanol–water partition coefficient (Wildman–Crippen LogP) is 0.707. The lowest BCUT2D eigenvalue weighted by molar-refractivity contribution is -0.120. The van der Waals surface area contributed by atoms with E-state index in [9.17, 15) is 18.0 Å². The summed E-state index contributed by atoms with van der Waals surface area (Å²) in [6.07, 6.45) is 1.01. The lowest BCUT2D eigenvalue weighted by Gasteiger charge is -2.15. The van der Waals surface area contributed by atoms with Gasteiger partial charge in [0.2, 0.25) is 15.9 Å². The third kappa shape index (κ3) is 5.88. The number of halogens is 1. The van der Waals surface area contributed by atoms with Gasteiger partial charge in [0.15, 0.2) is 0 Å². The highest BCUT2D eigenvalue weighted by Gasteiger charge is 2.15. The van der Waals surface area contributed by atoms with E-state index in [1.165, 1.54) is 25.1 Å². The Morgan fingerprint density at radius 3 is 2.43 bits per heavy atom. The summed E-state index contributed by atoms with van der Waals surface area (Å²) in [6.45, 7) is 1.52. The molecule has 116 valence electrons. The standard InChI is InChI=1S/C11H15ClN4O4S/c1-6(10(17)15-11(13)18)14-7-3-4-9(8(12)5-7)16-21(2,19)20/h3-6,14,16H,1-2H3,(H3,13,15,17,18). The van der Waals surface area contributed by atoms with Crippen molar-refractivity contribution in [2.45, 2.75) is 13.0 Å². The van der Waals surface area contributed by atoms with Crippen LogP contribution in [0.25, 0.3) is 0 Å². The number of nitrogens with one attached hydrogen (secondary N) is 3. The summed E-state index contributed by atoms with van der Waals surface area (Å²) >= 11 is 5.94. The van der Waals surface area contributed by atoms with E-state index in [-0.39, 0.29) is 10.7 Å². The Kier molecular flexibility index (Phi) is 5.39. The van der Waals surface area contributed by atoms with Crippen molar-refractivity contribution in [1.82, 2.24) is 5.32 Å². The van der Waals surface area contributed by atoms with E-state index in [0.717, 1.165) is 6.26 Å². The number of rotatable bonds is 5. The highest BCUT2D eigenvalue weighted by Crippen LogP contribution is 2.26. The van der Waals surface area contributed by atoms with Crippen LogP contribution in [0.3, 0.4) is 0 Å². The van der Waals surface area contributed by atoms with Gasteiger partial charge in [-0.05, 0) is 25.1 Å². The Labute approximate surface area is 127 Å². The zero-order valence-electron chi connectivity index (χ0n) is 11.3. The number of nitrogens with two attached hydrogens (primary N) is 1. The number of amides is 3. The van der Waals surface area contributed by atoms with E-state index in [0.29, 0.717) is 5.69 Å². The number of primary amides is 1. The molecule has 5 N–H and O–H groups in total. The van der Waals surface area contributed by atoms with Crippen molar-refractivity contribution in [2.75, 3.05) is 16.3 Å². The van der Waals surface area contributed by atoms with Crippen LogP contribution in [-0.2, 0) is 14.8 Å². The van der Waals surface area contributed by atoms with E-state index in [2.05, 4.69) is 10.0 Å². The Morgan fingerprint density at radius 1 is 1.33 bits per heavy atom. The topological polar surface area (TPSA) is 130 Å². The van der Waals surface area contributed by atoms with Crippen LogP contribution in [0.5, 0.6) is 0 Å². The molecule has 1 aromatic carbocycles. The maximum absolute atomic E-state index is 11.5. The highest BCUT2D eigenvalue weighted by atomic mass is 35.5. The van der Waals surface area contributed by atoms with Gasteiger partial charge in [0.05, 0.1) is 17.0 Å². The fourth-order valence-electron chi connectivity index (χ4n) is 1.43. The molecular formula is C11H15ClN4O4S. The fourth-order valence-corrected chi connectivity index (χ4v) is 2.29. The van der Waals surface area contributed by atoms with Crippen LogP contribution in [0.4, 0.5) is 16.2 Å². The Hall–Kier alpha value is -2.00. The quantitative estimate of drug-likeness (QED) is 0.629. The largest absolute Gasteiger partial charge is 0.374 e. The van der Waals surface area contributed by atoms with Crippen LogP contribution in [0.2, 0.25) is 5.02 Å². The summed E-state index contributed by atoms with van der Waals surface area (Å²) in [7, 11) is -3.43. The Bertz CT molecular complexity index is 662. The Morgan fingerprint density at radius 2 is 1.95 bits per heavy atom. The normalized spacial score (nSPS) is 12.3. The lowest BCUT2D eigenvalue weighted by Crippen LogP contribution is -2.43. The molecule has 1 atom stereocenters. The van der Waals surface area contributed by atoms with Gasteiger partial charge >= 0.3 is 6.03 Å². The number of carbonyl (C=O) groups is 2. The van der Waals surface area contributed by atoms with Crippen LogP contribution in [-0.4, -0.2) is 32.7 Å². The van der Waals surface area contributed by atoms with Gasteiger partial charge in [-0.25, -0.2) is 13.2 Å². The molecule has 10 heteroatoms. The molecule has 1 unspecified atom stereocenters. The van der Waals surface area contributed by atoms with E-state index in [1.54, 1.807) is 0 Å². The van der Waals surface area contributed by atoms with Crippen LogP contribution < -0.4 is 21.1 Å². The van der Waals surface area contributed by atoms with Gasteiger partial charge in [-0.1, -0.05) is 11.6 Å². The molecular weight excluding hydrogens is 320 g/mol. The summed E-state index contributed by atoms with van der Waals surface area (Å²) in [4.78, 5) is 22.1. The molecule has 1 rings (SSSR count). The van der Waals surface area contributed by atoms with E-state index in [1.807, 2.05) is 5.32 Å². The second-order valence-corrected chi connectivity index (χ2v) is 6.44. The molecule has 0 aliphatic heterocycles. The average molecular weight is 335 g/mol. The Balaban J connectivity index is 2.80. The molecule has 0 aliphatic rings. The van der Waals surface area contributed by atoms with E-state index < -0.39 is 28.0 Å². The molecule has 0 saturated heterocycles. The molecule has 0 saturated carbocycles. The van der Waals surface area contributed by atoms with E-state index in [4.69, 9.17) is 17.3 Å². The molecule has 1 aromatic rings. The minimum Gasteiger partial charge on any atom is -0.374 e. The van der Waals surface area contributed by atoms with Gasteiger partial charge in [-0.2, -0.15) is 0 Å². The summed E-state index contributed by atoms with van der Waals surface area (Å²) in [5.74, 6) is -0.600. The highest BCUT2D eigenvalue weighted by molar-refractivity contribution is 7.92. The van der Waals surface area contributed by atoms with Crippen molar-refractivity contribution in [3.63, 3.8) is 0 Å². The number of hydrogen-bond donors (Lipinski definition) is 4. The number of hydrogen-bond acceptors (Lipinski definition) is 5. The van der Waals surface area contributed by atoms with Crippen molar-refractivity contribution in [1.29, 1.82) is 0 Å². The second-order valence-electron chi connectivity index (χ2n) is 4.29. The zero-order chi connectivity index (χ0) is 16.2. The van der Waals surface area contributed by atoms with Gasteiger partial charge in [-0.3, -0.25) is 14.8 Å². The monoisotopic (exact) mass is 334 g/mol. The van der Waals surface area contributed by atoms with Crippen LogP contribution in [0, 0.1) is 0 Å². The van der Waals surface area contributed by atoms with Crippen molar-refractivity contribution in [2.24, 2.45) is 5.73 Å². The smallest absolute Gasteiger partial charge is 0.318 e. The summed E-state index contributed by atoms with van der Waals surface area (Å²) < 4.78 is 24.5. The maximum atomic E-state index is 11.5. The van der Waals surface area contributed by atoms with Crippen LogP contribution >= 0.6 is 11.6 Å². The first-order valence-electron chi connectivity index (χ1n) is 5.72. The SMILES string of the molecule is CC(Nc1ccc(NS(C)(=O)=O)c(Cl)c1)C(=O)NC(N)=O. The minimum atomic E-state index is -3.43. The maximum Gasteiger partial charge on any atom is 0.318 e. The summed E-state index contributed by atoms with van der Waals surface area (Å²) in [6, 6.07) is 2.75. The fraction of sp³-hybridized carbons (Fsp3) is 0.273. The molecule has 0 aromatic heterocycles. The number of benzene rings is 1. The molecule has 0 radical (unpaired) electrons. The molecule has 0 aliphatic carbocycles. The second kappa shape index (κ2) is 6.64. The zero-order valence-corrected chi connectivity index (χ0v) is 12.9. The van der Waals surface area contributed by atoms with Gasteiger partial charge in [0.25, 0.3) is 0 Å². The van der Waals surface area contributed by atoms with Crippen molar-refractivity contribution in [3.8, 4) is 0 Å². The molecule has 3 amide bonds. The van der Waals surface area contributed by atoms with Crippen molar-refractivity contribution >= 4 is 44.9 Å². The number of urea groups is 1. The first-order chi connectivity index (χ1) is 9.58. The van der Waals surface area contributed by atoms with Gasteiger partial charge in [-0.15, -0.1) is 0 Å². The molecule has 0 bridgehead atoms. The molecule has 0 spiro atoms. The molecule has 8 nitrogen and oxygen atoms in total. The van der Waals surface area contributed by atoms with Gasteiger partial charge < -0.3 is 11.1 Å². The van der Waals surface area contributed by atoms with Crippen molar-refractivity contribution in [3.05, 3.63) is 23.2 Å². The third-order valence-electron chi connectivity index (χ3n) is 2.29. The number of carbonyl (C=O) groups excluding carboxylic acids is 2. The van der Waals surface area contributed by atoms with E-state index >= 15 is 0 Å². The third-order valence-corrected chi connectivity index (χ3v) is 3.19. The van der Waals surface area contributed by atoms with Gasteiger partial charge in [0.1, 0.15) is 6.04 Å². The first-order valence-corrected chi connectivity index (χ1v) is 7.99. The van der Waals surface area contributed by atoms with Crippen LogP contribution in [0.15, 0.2) is 18.2 Å².